The zero-order valence-electron chi connectivity index (χ0n) is 26.2. The van der Waals surface area contributed by atoms with E-state index in [1.807, 2.05) is 6.07 Å². The fraction of sp³-hybridized carbons (Fsp3) is 0.0952. The van der Waals surface area contributed by atoms with E-state index in [1.165, 1.54) is 42.1 Å². The first-order valence-corrected chi connectivity index (χ1v) is 19.3. The molecule has 6 aromatic carbocycles. The fourth-order valence-corrected chi connectivity index (χ4v) is 7.36. The van der Waals surface area contributed by atoms with Crippen LogP contribution in [-0.2, 0) is 4.18 Å². The van der Waals surface area contributed by atoms with Gasteiger partial charge < -0.3 is 9.47 Å². The van der Waals surface area contributed by atoms with Crippen molar-refractivity contribution >= 4 is 81.4 Å². The predicted octanol–water partition coefficient (Wildman–Crippen LogP) is 13.3. The van der Waals surface area contributed by atoms with Gasteiger partial charge in [-0.3, -0.25) is 4.18 Å². The lowest BCUT2D eigenvalue weighted by molar-refractivity contribution is 0.238. The molecule has 232 valence electrons. The van der Waals surface area contributed by atoms with Crippen molar-refractivity contribution < 1.29 is 4.18 Å². The van der Waals surface area contributed by atoms with Gasteiger partial charge >= 0.3 is 0 Å². The summed E-state index contributed by atoms with van der Waals surface area (Å²) in [6, 6.07) is 54.2. The first-order valence-electron chi connectivity index (χ1n) is 16.0. The standard InChI is InChI=1S/C42H35IN2OS/c1-2-12-42(46-47-43)33-23-27-40-38(29-33)39-30-37(26-28-41(39)45(40)35-17-10-5-11-18-35)44(34-15-8-4-9-16-34)36-24-21-32(22-25-36)20-19-31-13-6-3-7-14-31/h3-11,13-30,42H,2,12H2,1H3/b20-19+. The highest BCUT2D eigenvalue weighted by Crippen LogP contribution is 2.41. The molecule has 1 atom stereocenters. The number of nitrogens with zero attached hydrogens (tertiary/aromatic N) is 2. The molecule has 7 aromatic rings. The Labute approximate surface area is 293 Å². The summed E-state index contributed by atoms with van der Waals surface area (Å²) in [4.78, 5) is 2.34. The molecule has 0 saturated carbocycles. The Morgan fingerprint density at radius 1 is 0.638 bits per heavy atom. The maximum absolute atomic E-state index is 6.13. The molecule has 3 nitrogen and oxygen atoms in total. The van der Waals surface area contributed by atoms with Gasteiger partial charge in [-0.25, -0.2) is 0 Å². The van der Waals surface area contributed by atoms with E-state index in [0.29, 0.717) is 0 Å². The van der Waals surface area contributed by atoms with Crippen LogP contribution in [0.3, 0.4) is 0 Å². The van der Waals surface area contributed by atoms with Crippen LogP contribution in [0, 0.1) is 0 Å². The highest BCUT2D eigenvalue weighted by molar-refractivity contribution is 14.2. The van der Waals surface area contributed by atoms with E-state index in [2.05, 4.69) is 195 Å². The molecule has 1 unspecified atom stereocenters. The van der Waals surface area contributed by atoms with Crippen molar-refractivity contribution in [2.75, 3.05) is 4.90 Å². The van der Waals surface area contributed by atoms with Crippen molar-refractivity contribution in [3.8, 4) is 5.69 Å². The van der Waals surface area contributed by atoms with Gasteiger partial charge in [-0.05, 0) is 89.8 Å². The molecule has 5 heteroatoms. The van der Waals surface area contributed by atoms with Crippen molar-refractivity contribution in [2.24, 2.45) is 0 Å². The number of hydrogen-bond acceptors (Lipinski definition) is 3. The number of rotatable bonds is 11. The maximum Gasteiger partial charge on any atom is 0.0981 e. The van der Waals surface area contributed by atoms with Crippen LogP contribution < -0.4 is 4.90 Å². The Morgan fingerprint density at radius 3 is 1.85 bits per heavy atom. The first-order chi connectivity index (χ1) is 23.2. The van der Waals surface area contributed by atoms with Gasteiger partial charge in [0.2, 0.25) is 0 Å². The van der Waals surface area contributed by atoms with E-state index in [0.717, 1.165) is 41.2 Å². The molecule has 0 aliphatic rings. The smallest absolute Gasteiger partial charge is 0.0981 e. The molecule has 0 amide bonds. The topological polar surface area (TPSA) is 17.4 Å². The minimum absolute atomic E-state index is 0.0416. The van der Waals surface area contributed by atoms with Gasteiger partial charge in [0, 0.05) is 54.7 Å². The summed E-state index contributed by atoms with van der Waals surface area (Å²) < 4.78 is 8.51. The van der Waals surface area contributed by atoms with Crippen molar-refractivity contribution in [1.29, 1.82) is 0 Å². The van der Waals surface area contributed by atoms with Crippen LogP contribution in [0.2, 0.25) is 0 Å². The maximum atomic E-state index is 6.13. The first kappa shape index (κ1) is 31.3. The molecular weight excluding hydrogens is 707 g/mol. The Morgan fingerprint density at radius 2 is 1.19 bits per heavy atom. The van der Waals surface area contributed by atoms with Crippen LogP contribution in [0.15, 0.2) is 152 Å². The van der Waals surface area contributed by atoms with Crippen LogP contribution >= 0.6 is 30.4 Å². The number of benzene rings is 6. The normalized spacial score (nSPS) is 12.2. The molecule has 0 spiro atoms. The van der Waals surface area contributed by atoms with Gasteiger partial charge in [0.15, 0.2) is 0 Å². The van der Waals surface area contributed by atoms with E-state index in [9.17, 15) is 0 Å². The van der Waals surface area contributed by atoms with E-state index in [-0.39, 0.29) is 6.10 Å². The second kappa shape index (κ2) is 14.6. The lowest BCUT2D eigenvalue weighted by atomic mass is 10.0. The molecular formula is C42H35IN2OS. The lowest BCUT2D eigenvalue weighted by Crippen LogP contribution is -2.09. The largest absolute Gasteiger partial charge is 0.310 e. The predicted molar refractivity (Wildman–Crippen MR) is 211 cm³/mol. The van der Waals surface area contributed by atoms with Crippen LogP contribution in [0.4, 0.5) is 17.1 Å². The Bertz CT molecular complexity index is 2100. The summed E-state index contributed by atoms with van der Waals surface area (Å²) in [5.41, 5.74) is 10.4. The minimum Gasteiger partial charge on any atom is -0.310 e. The van der Waals surface area contributed by atoms with Crippen molar-refractivity contribution in [2.45, 2.75) is 25.9 Å². The molecule has 0 saturated heterocycles. The summed E-state index contributed by atoms with van der Waals surface area (Å²) >= 11 is 2.23. The van der Waals surface area contributed by atoms with Gasteiger partial charge in [-0.2, -0.15) is 0 Å². The fourth-order valence-electron chi connectivity index (χ4n) is 6.32. The molecule has 0 radical (unpaired) electrons. The summed E-state index contributed by atoms with van der Waals surface area (Å²) in [6.07, 6.45) is 6.40. The molecule has 0 bridgehead atoms. The molecule has 0 N–H and O–H groups in total. The van der Waals surface area contributed by atoms with E-state index in [4.69, 9.17) is 4.18 Å². The van der Waals surface area contributed by atoms with Crippen LogP contribution in [0.25, 0.3) is 39.6 Å². The van der Waals surface area contributed by atoms with Gasteiger partial charge in [-0.1, -0.05) is 110 Å². The number of anilines is 3. The highest BCUT2D eigenvalue weighted by atomic mass is 127. The summed E-state index contributed by atoms with van der Waals surface area (Å²) in [6.45, 7) is 2.21. The summed E-state index contributed by atoms with van der Waals surface area (Å²) in [7, 11) is 1.41. The average Bonchev–Trinajstić information content (AvgIpc) is 3.45. The molecule has 1 heterocycles. The average molecular weight is 743 g/mol. The molecule has 0 aliphatic carbocycles. The third-order valence-corrected chi connectivity index (χ3v) is 9.48. The van der Waals surface area contributed by atoms with E-state index in [1.54, 1.807) is 0 Å². The third kappa shape index (κ3) is 6.75. The second-order valence-electron chi connectivity index (χ2n) is 11.6. The molecule has 47 heavy (non-hydrogen) atoms. The van der Waals surface area contributed by atoms with Gasteiger partial charge in [0.05, 0.1) is 26.4 Å². The van der Waals surface area contributed by atoms with Crippen LogP contribution in [0.5, 0.6) is 0 Å². The Kier molecular flexibility index (Phi) is 9.75. The zero-order valence-corrected chi connectivity index (χ0v) is 29.1. The summed E-state index contributed by atoms with van der Waals surface area (Å²) in [5, 5.41) is 2.43. The monoisotopic (exact) mass is 742 g/mol. The molecule has 0 fully saturated rings. The van der Waals surface area contributed by atoms with Gasteiger partial charge in [-0.15, -0.1) is 0 Å². The summed E-state index contributed by atoms with van der Waals surface area (Å²) in [5.74, 6) is 0. The molecule has 7 rings (SSSR count). The Hall–Kier alpha value is -4.30. The molecule has 1 aromatic heterocycles. The molecule has 0 aliphatic heterocycles. The second-order valence-corrected chi connectivity index (χ2v) is 13.0. The number of para-hydroxylation sites is 2. The number of halogens is 1. The van der Waals surface area contributed by atoms with Crippen molar-refractivity contribution in [1.82, 2.24) is 4.57 Å². The van der Waals surface area contributed by atoms with Crippen LogP contribution in [0.1, 0.15) is 42.6 Å². The van der Waals surface area contributed by atoms with Gasteiger partial charge in [0.1, 0.15) is 0 Å². The van der Waals surface area contributed by atoms with Crippen molar-refractivity contribution in [3.63, 3.8) is 0 Å². The lowest BCUT2D eigenvalue weighted by Gasteiger charge is -2.25. The van der Waals surface area contributed by atoms with E-state index < -0.39 is 0 Å². The quantitative estimate of drug-likeness (QED) is 0.0746. The van der Waals surface area contributed by atoms with Gasteiger partial charge in [0.25, 0.3) is 0 Å². The third-order valence-electron chi connectivity index (χ3n) is 8.55. The number of aromatic nitrogens is 1. The zero-order chi connectivity index (χ0) is 32.0. The highest BCUT2D eigenvalue weighted by Gasteiger charge is 2.19. The Balaban J connectivity index is 1.37. The number of fused-ring (bicyclic) bond motifs is 3. The van der Waals surface area contributed by atoms with E-state index >= 15 is 0 Å². The van der Waals surface area contributed by atoms with Crippen molar-refractivity contribution in [3.05, 3.63) is 168 Å². The SMILES string of the molecule is CCCC(OSI)c1ccc2c(c1)c1cc(N(c3ccccc3)c3ccc(/C=C/c4ccccc4)cc3)ccc1n2-c1ccccc1. The minimum atomic E-state index is 0.0416. The number of hydrogen-bond donors (Lipinski definition) is 0. The van der Waals surface area contributed by atoms with Crippen LogP contribution in [-0.4, -0.2) is 4.57 Å².